The second-order valence-corrected chi connectivity index (χ2v) is 6.42. The van der Waals surface area contributed by atoms with Crippen LogP contribution in [0, 0.1) is 12.3 Å². The van der Waals surface area contributed by atoms with Crippen LogP contribution in [-0.4, -0.2) is 42.9 Å². The number of aliphatic hydroxyl groups excluding tert-OH is 1. The molecule has 0 saturated carbocycles. The van der Waals surface area contributed by atoms with Crippen LogP contribution < -0.4 is 15.5 Å². The molecule has 1 aromatic rings. The van der Waals surface area contributed by atoms with Crippen LogP contribution in [0.4, 0.5) is 16.3 Å². The summed E-state index contributed by atoms with van der Waals surface area (Å²) in [5.41, 5.74) is 1.29. The van der Waals surface area contributed by atoms with Crippen LogP contribution >= 0.6 is 0 Å². The number of hydrogen-bond donors (Lipinski definition) is 3. The van der Waals surface area contributed by atoms with Crippen molar-refractivity contribution in [2.45, 2.75) is 33.7 Å². The molecule has 2 amide bonds. The van der Waals surface area contributed by atoms with E-state index in [4.69, 9.17) is 0 Å². The lowest BCUT2D eigenvalue weighted by Gasteiger charge is -2.30. The third-order valence-corrected chi connectivity index (χ3v) is 3.22. The van der Waals surface area contributed by atoms with Crippen molar-refractivity contribution in [3.8, 4) is 0 Å². The summed E-state index contributed by atoms with van der Waals surface area (Å²) in [7, 11) is 3.74. The Kier molecular flexibility index (Phi) is 5.54. The van der Waals surface area contributed by atoms with Gasteiger partial charge in [-0.25, -0.2) is 9.78 Å². The summed E-state index contributed by atoms with van der Waals surface area (Å²) < 4.78 is 0. The Hall–Kier alpha value is -1.82. The molecule has 1 aromatic heterocycles. The molecule has 3 N–H and O–H groups in total. The monoisotopic (exact) mass is 294 g/mol. The summed E-state index contributed by atoms with van der Waals surface area (Å²) in [6, 6.07) is 2.99. The third-order valence-electron chi connectivity index (χ3n) is 3.22. The first-order chi connectivity index (χ1) is 9.65. The van der Waals surface area contributed by atoms with Gasteiger partial charge in [0.1, 0.15) is 0 Å². The number of aliphatic hydroxyl groups is 1. The number of carbonyl (C=O) groups excluding carboxylic acids is 1. The van der Waals surface area contributed by atoms with E-state index in [1.54, 1.807) is 0 Å². The number of aromatic nitrogens is 1. The van der Waals surface area contributed by atoms with E-state index in [9.17, 15) is 9.90 Å². The topological polar surface area (TPSA) is 77.5 Å². The first kappa shape index (κ1) is 17.2. The van der Waals surface area contributed by atoms with Crippen molar-refractivity contribution in [2.24, 2.45) is 5.41 Å². The van der Waals surface area contributed by atoms with Gasteiger partial charge in [-0.3, -0.25) is 0 Å². The quantitative estimate of drug-likeness (QED) is 0.793. The number of nitrogens with one attached hydrogen (secondary N) is 2. The Labute approximate surface area is 126 Å². The molecule has 6 heteroatoms. The van der Waals surface area contributed by atoms with Gasteiger partial charge in [-0.1, -0.05) is 20.8 Å². The highest BCUT2D eigenvalue weighted by atomic mass is 16.3. The zero-order valence-corrected chi connectivity index (χ0v) is 13.7. The van der Waals surface area contributed by atoms with Crippen LogP contribution in [0.5, 0.6) is 0 Å². The summed E-state index contributed by atoms with van der Waals surface area (Å²) in [5.74, 6) is 0.696. The second kappa shape index (κ2) is 6.76. The first-order valence-electron chi connectivity index (χ1n) is 6.98. The van der Waals surface area contributed by atoms with Gasteiger partial charge in [-0.2, -0.15) is 0 Å². The van der Waals surface area contributed by atoms with E-state index in [2.05, 4.69) is 15.6 Å². The molecule has 0 aliphatic heterocycles. The van der Waals surface area contributed by atoms with Crippen molar-refractivity contribution in [3.05, 3.63) is 17.8 Å². The number of urea groups is 1. The minimum atomic E-state index is -0.349. The SMILES string of the molecule is Cc1ccc(NC(=O)N[C@H](CO)C(C)(C)C)c(N(C)C)n1. The van der Waals surface area contributed by atoms with E-state index >= 15 is 0 Å². The number of amides is 2. The van der Waals surface area contributed by atoms with E-state index in [0.717, 1.165) is 5.69 Å². The molecule has 0 aromatic carbocycles. The predicted octanol–water partition coefficient (Wildman–Crippen LogP) is 1.98. The van der Waals surface area contributed by atoms with Crippen LogP contribution in [0.3, 0.4) is 0 Å². The zero-order chi connectivity index (χ0) is 16.2. The molecule has 21 heavy (non-hydrogen) atoms. The third kappa shape index (κ3) is 4.90. The highest BCUT2D eigenvalue weighted by Crippen LogP contribution is 2.23. The van der Waals surface area contributed by atoms with Gasteiger partial charge in [0.05, 0.1) is 18.3 Å². The van der Waals surface area contributed by atoms with Crippen LogP contribution in [0.25, 0.3) is 0 Å². The fourth-order valence-electron chi connectivity index (χ4n) is 1.83. The fraction of sp³-hybridized carbons (Fsp3) is 0.600. The van der Waals surface area contributed by atoms with Gasteiger partial charge >= 0.3 is 6.03 Å². The highest BCUT2D eigenvalue weighted by Gasteiger charge is 2.25. The van der Waals surface area contributed by atoms with Crippen LogP contribution in [-0.2, 0) is 0 Å². The van der Waals surface area contributed by atoms with E-state index in [0.29, 0.717) is 11.5 Å². The molecule has 0 fully saturated rings. The van der Waals surface area contributed by atoms with E-state index in [1.807, 2.05) is 58.8 Å². The molecule has 1 atom stereocenters. The average molecular weight is 294 g/mol. The maximum atomic E-state index is 12.1. The highest BCUT2D eigenvalue weighted by molar-refractivity contribution is 5.92. The zero-order valence-electron chi connectivity index (χ0n) is 13.7. The molecule has 0 spiro atoms. The number of anilines is 2. The number of pyridine rings is 1. The Morgan fingerprint density at radius 3 is 2.48 bits per heavy atom. The lowest BCUT2D eigenvalue weighted by atomic mass is 9.87. The van der Waals surface area contributed by atoms with Crippen molar-refractivity contribution in [1.82, 2.24) is 10.3 Å². The smallest absolute Gasteiger partial charge is 0.319 e. The summed E-state index contributed by atoms with van der Waals surface area (Å²) in [5, 5.41) is 15.0. The number of carbonyl (C=O) groups is 1. The molecule has 0 aliphatic carbocycles. The Balaban J connectivity index is 2.84. The van der Waals surface area contributed by atoms with Gasteiger partial charge in [0.2, 0.25) is 0 Å². The van der Waals surface area contributed by atoms with Gasteiger partial charge in [-0.05, 0) is 24.5 Å². The normalized spacial score (nSPS) is 12.7. The Bertz CT molecular complexity index is 495. The van der Waals surface area contributed by atoms with Gasteiger partial charge in [0.25, 0.3) is 0 Å². The minimum absolute atomic E-state index is 0.108. The molecule has 1 heterocycles. The average Bonchev–Trinajstić information content (AvgIpc) is 2.36. The molecule has 6 nitrogen and oxygen atoms in total. The van der Waals surface area contributed by atoms with Crippen LogP contribution in [0.2, 0.25) is 0 Å². The number of rotatable bonds is 4. The van der Waals surface area contributed by atoms with Gasteiger partial charge in [0, 0.05) is 19.8 Å². The molecule has 0 radical (unpaired) electrons. The summed E-state index contributed by atoms with van der Waals surface area (Å²) in [6.45, 7) is 7.69. The molecule has 1 rings (SSSR count). The van der Waals surface area contributed by atoms with Crippen LogP contribution in [0.1, 0.15) is 26.5 Å². The summed E-state index contributed by atoms with van der Waals surface area (Å²) >= 11 is 0. The molecule has 0 unspecified atom stereocenters. The van der Waals surface area contributed by atoms with E-state index in [1.165, 1.54) is 0 Å². The maximum absolute atomic E-state index is 12.1. The van der Waals surface area contributed by atoms with Crippen molar-refractivity contribution in [3.63, 3.8) is 0 Å². The largest absolute Gasteiger partial charge is 0.394 e. The van der Waals surface area contributed by atoms with E-state index < -0.39 is 0 Å². The lowest BCUT2D eigenvalue weighted by Crippen LogP contribution is -2.47. The molecule has 0 aliphatic rings. The van der Waals surface area contributed by atoms with Gasteiger partial charge in [-0.15, -0.1) is 0 Å². The van der Waals surface area contributed by atoms with Crippen molar-refractivity contribution < 1.29 is 9.90 Å². The number of aryl methyl sites for hydroxylation is 1. The summed E-state index contributed by atoms with van der Waals surface area (Å²) in [6.07, 6.45) is 0. The second-order valence-electron chi connectivity index (χ2n) is 6.42. The van der Waals surface area contributed by atoms with Crippen molar-refractivity contribution in [1.29, 1.82) is 0 Å². The number of nitrogens with zero attached hydrogens (tertiary/aromatic N) is 2. The fourth-order valence-corrected chi connectivity index (χ4v) is 1.83. The van der Waals surface area contributed by atoms with Crippen LogP contribution in [0.15, 0.2) is 12.1 Å². The number of hydrogen-bond acceptors (Lipinski definition) is 4. The molecule has 118 valence electrons. The Morgan fingerprint density at radius 1 is 1.38 bits per heavy atom. The first-order valence-corrected chi connectivity index (χ1v) is 6.98. The summed E-state index contributed by atoms with van der Waals surface area (Å²) in [4.78, 5) is 18.4. The standard InChI is InChI=1S/C15H26N4O2/c1-10-7-8-11(13(16-10)19(5)6)17-14(21)18-12(9-20)15(2,3)4/h7-8,12,20H,9H2,1-6H3,(H2,17,18,21)/t12-/m1/s1. The Morgan fingerprint density at radius 2 is 2.00 bits per heavy atom. The van der Waals surface area contributed by atoms with Gasteiger partial charge < -0.3 is 20.6 Å². The van der Waals surface area contributed by atoms with E-state index in [-0.39, 0.29) is 24.1 Å². The molecular weight excluding hydrogens is 268 g/mol. The van der Waals surface area contributed by atoms with Crippen molar-refractivity contribution in [2.75, 3.05) is 30.9 Å². The molecular formula is C15H26N4O2. The lowest BCUT2D eigenvalue weighted by molar-refractivity contribution is 0.162. The molecule has 0 saturated heterocycles. The minimum Gasteiger partial charge on any atom is -0.394 e. The maximum Gasteiger partial charge on any atom is 0.319 e. The van der Waals surface area contributed by atoms with Crippen molar-refractivity contribution >= 4 is 17.5 Å². The predicted molar refractivity (Wildman–Crippen MR) is 85.8 cm³/mol. The molecule has 0 bridgehead atoms. The van der Waals surface area contributed by atoms with Gasteiger partial charge in [0.15, 0.2) is 5.82 Å².